The van der Waals surface area contributed by atoms with E-state index < -0.39 is 0 Å². The molecule has 0 aromatic heterocycles. The zero-order chi connectivity index (χ0) is 15.9. The first kappa shape index (κ1) is 15.3. The number of rotatable bonds is 4. The van der Waals surface area contributed by atoms with E-state index in [2.05, 4.69) is 12.1 Å². The molecule has 22 heavy (non-hydrogen) atoms. The second kappa shape index (κ2) is 7.06. The minimum absolute atomic E-state index is 0.207. The van der Waals surface area contributed by atoms with E-state index in [0.29, 0.717) is 23.3 Å². The maximum Gasteiger partial charge on any atom is 0.310 e. The Morgan fingerprint density at radius 3 is 2.14 bits per heavy atom. The third-order valence-corrected chi connectivity index (χ3v) is 3.20. The first-order valence-electron chi connectivity index (χ1n) is 6.87. The molecule has 4 heteroatoms. The molecule has 0 aliphatic rings. The largest absolute Gasteiger partial charge is 0.466 e. The Labute approximate surface area is 129 Å². The topological polar surface area (TPSA) is 73.9 Å². The maximum atomic E-state index is 11.5. The number of nitriles is 2. The molecule has 0 amide bonds. The first-order chi connectivity index (χ1) is 10.7. The highest BCUT2D eigenvalue weighted by atomic mass is 16.5. The Balaban J connectivity index is 2.34. The van der Waals surface area contributed by atoms with Crippen LogP contribution in [0.15, 0.2) is 42.5 Å². The van der Waals surface area contributed by atoms with Gasteiger partial charge in [-0.05, 0) is 30.2 Å². The van der Waals surface area contributed by atoms with E-state index in [1.165, 1.54) is 0 Å². The minimum atomic E-state index is -0.273. The lowest BCUT2D eigenvalue weighted by molar-refractivity contribution is -0.142. The van der Waals surface area contributed by atoms with Crippen LogP contribution in [0.5, 0.6) is 0 Å². The summed E-state index contributed by atoms with van der Waals surface area (Å²) < 4.78 is 4.91. The molecule has 0 radical (unpaired) electrons. The lowest BCUT2D eigenvalue weighted by atomic mass is 9.94. The fourth-order valence-corrected chi connectivity index (χ4v) is 2.22. The summed E-state index contributed by atoms with van der Waals surface area (Å²) >= 11 is 0. The summed E-state index contributed by atoms with van der Waals surface area (Å²) in [6.07, 6.45) is 0.207. The summed E-state index contributed by atoms with van der Waals surface area (Å²) in [5.41, 5.74) is 3.14. The van der Waals surface area contributed by atoms with Gasteiger partial charge in [-0.1, -0.05) is 30.3 Å². The SMILES string of the molecule is CCOC(=O)Cc1ccc(-c2c(C#N)cccc2C#N)cc1. The summed E-state index contributed by atoms with van der Waals surface area (Å²) in [5.74, 6) is -0.273. The Morgan fingerprint density at radius 1 is 1.05 bits per heavy atom. The first-order valence-corrected chi connectivity index (χ1v) is 6.87. The molecular weight excluding hydrogens is 276 g/mol. The van der Waals surface area contributed by atoms with Crippen molar-refractivity contribution in [2.45, 2.75) is 13.3 Å². The van der Waals surface area contributed by atoms with Gasteiger partial charge in [0.05, 0.1) is 36.3 Å². The molecule has 0 aliphatic carbocycles. The van der Waals surface area contributed by atoms with Crippen molar-refractivity contribution in [2.75, 3.05) is 6.61 Å². The van der Waals surface area contributed by atoms with Crippen molar-refractivity contribution in [3.63, 3.8) is 0 Å². The van der Waals surface area contributed by atoms with Crippen molar-refractivity contribution >= 4 is 5.97 Å². The van der Waals surface area contributed by atoms with Gasteiger partial charge >= 0.3 is 5.97 Å². The van der Waals surface area contributed by atoms with Crippen LogP contribution in [0.2, 0.25) is 0 Å². The van der Waals surface area contributed by atoms with Gasteiger partial charge in [0, 0.05) is 5.56 Å². The Bertz CT molecular complexity index is 733. The molecule has 2 aromatic rings. The van der Waals surface area contributed by atoms with Crippen LogP contribution in [0.25, 0.3) is 11.1 Å². The zero-order valence-electron chi connectivity index (χ0n) is 12.2. The molecule has 2 rings (SSSR count). The Morgan fingerprint density at radius 2 is 1.64 bits per heavy atom. The van der Waals surface area contributed by atoms with Gasteiger partial charge < -0.3 is 4.74 Å². The summed E-state index contributed by atoms with van der Waals surface area (Å²) in [4.78, 5) is 11.5. The van der Waals surface area contributed by atoms with Crippen molar-refractivity contribution < 1.29 is 9.53 Å². The molecule has 0 saturated carbocycles. The molecule has 0 saturated heterocycles. The molecule has 0 aliphatic heterocycles. The average Bonchev–Trinajstić information content (AvgIpc) is 2.55. The molecule has 2 aromatic carbocycles. The number of hydrogen-bond acceptors (Lipinski definition) is 4. The fourth-order valence-electron chi connectivity index (χ4n) is 2.22. The van der Waals surface area contributed by atoms with Gasteiger partial charge in [0.2, 0.25) is 0 Å². The predicted molar refractivity (Wildman–Crippen MR) is 81.6 cm³/mol. The quantitative estimate of drug-likeness (QED) is 0.810. The van der Waals surface area contributed by atoms with E-state index in [4.69, 9.17) is 4.74 Å². The fraction of sp³-hybridized carbons (Fsp3) is 0.167. The van der Waals surface area contributed by atoms with E-state index in [1.807, 2.05) is 24.3 Å². The van der Waals surface area contributed by atoms with Crippen molar-refractivity contribution in [1.29, 1.82) is 10.5 Å². The van der Waals surface area contributed by atoms with Crippen molar-refractivity contribution in [2.24, 2.45) is 0 Å². The molecule has 0 spiro atoms. The van der Waals surface area contributed by atoms with Gasteiger partial charge in [-0.25, -0.2) is 0 Å². The number of carbonyl (C=O) groups is 1. The molecule has 0 heterocycles. The zero-order valence-corrected chi connectivity index (χ0v) is 12.2. The van der Waals surface area contributed by atoms with Crippen LogP contribution < -0.4 is 0 Å². The molecule has 0 N–H and O–H groups in total. The highest BCUT2D eigenvalue weighted by Crippen LogP contribution is 2.27. The van der Waals surface area contributed by atoms with Crippen LogP contribution in [-0.4, -0.2) is 12.6 Å². The van der Waals surface area contributed by atoms with Crippen molar-refractivity contribution in [1.82, 2.24) is 0 Å². The van der Waals surface area contributed by atoms with Crippen molar-refractivity contribution in [3.8, 4) is 23.3 Å². The standard InChI is InChI=1S/C18H14N2O2/c1-2-22-17(21)10-13-6-8-14(9-7-13)18-15(11-19)4-3-5-16(18)12-20/h3-9H,2,10H2,1H3. The summed E-state index contributed by atoms with van der Waals surface area (Å²) in [5, 5.41) is 18.4. The maximum absolute atomic E-state index is 11.5. The minimum Gasteiger partial charge on any atom is -0.466 e. The number of nitrogens with zero attached hydrogens (tertiary/aromatic N) is 2. The highest BCUT2D eigenvalue weighted by Gasteiger charge is 2.11. The van der Waals surface area contributed by atoms with Crippen LogP contribution in [0.4, 0.5) is 0 Å². The van der Waals surface area contributed by atoms with E-state index in [9.17, 15) is 15.3 Å². The third kappa shape index (κ3) is 3.31. The highest BCUT2D eigenvalue weighted by molar-refractivity contribution is 5.77. The van der Waals surface area contributed by atoms with Gasteiger partial charge in [0.1, 0.15) is 0 Å². The van der Waals surface area contributed by atoms with Crippen LogP contribution in [0, 0.1) is 22.7 Å². The van der Waals surface area contributed by atoms with Gasteiger partial charge in [-0.2, -0.15) is 10.5 Å². The van der Waals surface area contributed by atoms with Gasteiger partial charge in [0.15, 0.2) is 0 Å². The average molecular weight is 290 g/mol. The van der Waals surface area contributed by atoms with E-state index in [-0.39, 0.29) is 12.4 Å². The number of ether oxygens (including phenoxy) is 1. The molecule has 0 atom stereocenters. The second-order valence-electron chi connectivity index (χ2n) is 4.63. The monoisotopic (exact) mass is 290 g/mol. The van der Waals surface area contributed by atoms with E-state index in [0.717, 1.165) is 11.1 Å². The Hall–Kier alpha value is -3.11. The van der Waals surface area contributed by atoms with Crippen LogP contribution in [-0.2, 0) is 16.0 Å². The summed E-state index contributed by atoms with van der Waals surface area (Å²) in [6.45, 7) is 2.13. The number of carbonyl (C=O) groups excluding carboxylic acids is 1. The van der Waals surface area contributed by atoms with Crippen LogP contribution >= 0.6 is 0 Å². The molecule has 0 unspecified atom stereocenters. The number of esters is 1. The lowest BCUT2D eigenvalue weighted by Gasteiger charge is -2.08. The molecular formula is C18H14N2O2. The second-order valence-corrected chi connectivity index (χ2v) is 4.63. The summed E-state index contributed by atoms with van der Waals surface area (Å²) in [7, 11) is 0. The van der Waals surface area contributed by atoms with Crippen LogP contribution in [0.1, 0.15) is 23.6 Å². The van der Waals surface area contributed by atoms with Gasteiger partial charge in [0.25, 0.3) is 0 Å². The van der Waals surface area contributed by atoms with Gasteiger partial charge in [-0.15, -0.1) is 0 Å². The van der Waals surface area contributed by atoms with E-state index >= 15 is 0 Å². The molecule has 0 fully saturated rings. The molecule has 0 bridgehead atoms. The van der Waals surface area contributed by atoms with E-state index in [1.54, 1.807) is 25.1 Å². The Kier molecular flexibility index (Phi) is 4.90. The number of benzene rings is 2. The van der Waals surface area contributed by atoms with Gasteiger partial charge in [-0.3, -0.25) is 4.79 Å². The number of hydrogen-bond donors (Lipinski definition) is 0. The smallest absolute Gasteiger partial charge is 0.310 e. The van der Waals surface area contributed by atoms with Crippen LogP contribution in [0.3, 0.4) is 0 Å². The molecule has 4 nitrogen and oxygen atoms in total. The third-order valence-electron chi connectivity index (χ3n) is 3.20. The predicted octanol–water partition coefficient (Wildman–Crippen LogP) is 3.20. The summed E-state index contributed by atoms with van der Waals surface area (Å²) in [6, 6.07) is 16.5. The molecule has 108 valence electrons. The lowest BCUT2D eigenvalue weighted by Crippen LogP contribution is -2.07. The van der Waals surface area contributed by atoms with Crippen molar-refractivity contribution in [3.05, 3.63) is 59.2 Å². The normalized spacial score (nSPS) is 9.59.